The van der Waals surface area contributed by atoms with E-state index in [1.54, 1.807) is 17.0 Å². The maximum Gasteiger partial charge on any atom is 0.244 e. The lowest BCUT2D eigenvalue weighted by Gasteiger charge is -2.35. The van der Waals surface area contributed by atoms with Gasteiger partial charge in [0, 0.05) is 23.5 Å². The van der Waals surface area contributed by atoms with Gasteiger partial charge in [-0.1, -0.05) is 95.4 Å². The Bertz CT molecular complexity index is 1420. The van der Waals surface area contributed by atoms with E-state index in [0.29, 0.717) is 12.1 Å². The van der Waals surface area contributed by atoms with E-state index in [9.17, 15) is 18.0 Å². The standard InChI is InChI=1S/C32H38BrN3O4S/c1-24-16-18-29(19-17-24)36(41(2,39)40)23-31(37)35(22-26-12-9-13-27(33)20-26)30(21-25-10-5-3-6-11-25)32(38)34-28-14-7-4-8-15-28/h3,5-6,9-13,16-20,28,30H,4,7-8,14-15,21-23H2,1-2H3,(H,34,38). The fourth-order valence-electron chi connectivity index (χ4n) is 5.26. The number of nitrogens with one attached hydrogen (secondary N) is 1. The van der Waals surface area contributed by atoms with E-state index in [0.717, 1.165) is 63.8 Å². The van der Waals surface area contributed by atoms with E-state index in [1.807, 2.05) is 73.7 Å². The number of carbonyl (C=O) groups excluding carboxylic acids is 2. The minimum Gasteiger partial charge on any atom is -0.352 e. The van der Waals surface area contributed by atoms with Crippen molar-refractivity contribution in [3.63, 3.8) is 0 Å². The second kappa shape index (κ2) is 14.1. The van der Waals surface area contributed by atoms with Gasteiger partial charge in [0.2, 0.25) is 21.8 Å². The second-order valence-electron chi connectivity index (χ2n) is 10.8. The first kappa shape index (κ1) is 30.8. The molecule has 1 atom stereocenters. The fourth-order valence-corrected chi connectivity index (χ4v) is 6.55. The summed E-state index contributed by atoms with van der Waals surface area (Å²) in [5, 5.41) is 3.22. The van der Waals surface area contributed by atoms with Gasteiger partial charge in [-0.2, -0.15) is 0 Å². The lowest BCUT2D eigenvalue weighted by molar-refractivity contribution is -0.140. The van der Waals surface area contributed by atoms with Crippen molar-refractivity contribution in [2.24, 2.45) is 0 Å². The van der Waals surface area contributed by atoms with Crippen LogP contribution in [0.3, 0.4) is 0 Å². The number of halogens is 1. The van der Waals surface area contributed by atoms with Crippen LogP contribution in [-0.2, 0) is 32.6 Å². The maximum absolute atomic E-state index is 14.2. The zero-order chi connectivity index (χ0) is 29.4. The Balaban J connectivity index is 1.71. The zero-order valence-electron chi connectivity index (χ0n) is 23.6. The molecule has 1 fully saturated rings. The number of benzene rings is 3. The molecule has 4 rings (SSSR count). The molecule has 9 heteroatoms. The minimum atomic E-state index is -3.79. The Morgan fingerprint density at radius 2 is 1.59 bits per heavy atom. The molecule has 0 radical (unpaired) electrons. The van der Waals surface area contributed by atoms with Crippen LogP contribution < -0.4 is 9.62 Å². The Hall–Kier alpha value is -3.17. The summed E-state index contributed by atoms with van der Waals surface area (Å²) in [5.41, 5.74) is 3.13. The number of hydrogen-bond donors (Lipinski definition) is 1. The first-order valence-electron chi connectivity index (χ1n) is 14.0. The SMILES string of the molecule is Cc1ccc(N(CC(=O)N(Cc2cccc(Br)c2)C(Cc2ccccc2)C(=O)NC2CCCCC2)S(C)(=O)=O)cc1. The molecule has 7 nitrogen and oxygen atoms in total. The van der Waals surface area contributed by atoms with Crippen LogP contribution in [-0.4, -0.2) is 50.0 Å². The number of aryl methyl sites for hydroxylation is 1. The molecule has 3 aromatic carbocycles. The van der Waals surface area contributed by atoms with Crippen LogP contribution in [0.25, 0.3) is 0 Å². The van der Waals surface area contributed by atoms with Gasteiger partial charge in [0.1, 0.15) is 12.6 Å². The molecule has 0 heterocycles. The third-order valence-corrected chi connectivity index (χ3v) is 9.10. The van der Waals surface area contributed by atoms with Crippen molar-refractivity contribution in [1.82, 2.24) is 10.2 Å². The predicted octanol–water partition coefficient (Wildman–Crippen LogP) is 5.61. The molecule has 41 heavy (non-hydrogen) atoms. The van der Waals surface area contributed by atoms with E-state index < -0.39 is 28.5 Å². The highest BCUT2D eigenvalue weighted by atomic mass is 79.9. The molecule has 0 saturated heterocycles. The van der Waals surface area contributed by atoms with Gasteiger partial charge in [0.05, 0.1) is 11.9 Å². The predicted molar refractivity (Wildman–Crippen MR) is 167 cm³/mol. The summed E-state index contributed by atoms with van der Waals surface area (Å²) < 4.78 is 27.8. The van der Waals surface area contributed by atoms with Gasteiger partial charge in [-0.25, -0.2) is 8.42 Å². The average Bonchev–Trinajstić information content (AvgIpc) is 2.94. The molecule has 1 aliphatic rings. The van der Waals surface area contributed by atoms with E-state index in [2.05, 4.69) is 21.2 Å². The van der Waals surface area contributed by atoms with Crippen molar-refractivity contribution in [2.75, 3.05) is 17.1 Å². The number of amides is 2. The van der Waals surface area contributed by atoms with Crippen LogP contribution in [0.4, 0.5) is 5.69 Å². The third-order valence-electron chi connectivity index (χ3n) is 7.47. The Labute approximate surface area is 252 Å². The van der Waals surface area contributed by atoms with Gasteiger partial charge in [0.25, 0.3) is 0 Å². The Kier molecular flexibility index (Phi) is 10.6. The van der Waals surface area contributed by atoms with Crippen molar-refractivity contribution in [3.05, 3.63) is 100 Å². The second-order valence-corrected chi connectivity index (χ2v) is 13.6. The summed E-state index contributed by atoms with van der Waals surface area (Å²) in [7, 11) is -3.79. The van der Waals surface area contributed by atoms with Crippen molar-refractivity contribution >= 4 is 43.5 Å². The number of rotatable bonds is 11. The molecule has 0 aliphatic heterocycles. The highest BCUT2D eigenvalue weighted by Gasteiger charge is 2.34. The Morgan fingerprint density at radius 1 is 0.927 bits per heavy atom. The topological polar surface area (TPSA) is 86.8 Å². The number of nitrogens with zero attached hydrogens (tertiary/aromatic N) is 2. The molecule has 1 N–H and O–H groups in total. The van der Waals surface area contributed by atoms with Gasteiger partial charge in [0.15, 0.2) is 0 Å². The molecule has 0 spiro atoms. The quantitative estimate of drug-likeness (QED) is 0.295. The first-order chi connectivity index (χ1) is 19.6. The number of anilines is 1. The third kappa shape index (κ3) is 8.91. The molecule has 218 valence electrons. The van der Waals surface area contributed by atoms with Crippen molar-refractivity contribution in [1.29, 1.82) is 0 Å². The molecule has 0 aromatic heterocycles. The first-order valence-corrected chi connectivity index (χ1v) is 16.7. The summed E-state index contributed by atoms with van der Waals surface area (Å²) in [6, 6.07) is 23.5. The smallest absolute Gasteiger partial charge is 0.244 e. The molecule has 0 bridgehead atoms. The summed E-state index contributed by atoms with van der Waals surface area (Å²) in [6.07, 6.45) is 6.52. The molecule has 2 amide bonds. The van der Waals surface area contributed by atoms with Crippen LogP contribution in [0, 0.1) is 6.92 Å². The molecule has 1 saturated carbocycles. The van der Waals surface area contributed by atoms with Crippen molar-refractivity contribution < 1.29 is 18.0 Å². The van der Waals surface area contributed by atoms with E-state index >= 15 is 0 Å². The average molecular weight is 641 g/mol. The zero-order valence-corrected chi connectivity index (χ0v) is 26.0. The van der Waals surface area contributed by atoms with Crippen LogP contribution >= 0.6 is 15.9 Å². The van der Waals surface area contributed by atoms with Crippen LogP contribution in [0.2, 0.25) is 0 Å². The van der Waals surface area contributed by atoms with E-state index in [1.165, 1.54) is 0 Å². The fraction of sp³-hybridized carbons (Fsp3) is 0.375. The minimum absolute atomic E-state index is 0.0671. The summed E-state index contributed by atoms with van der Waals surface area (Å²) in [6.45, 7) is 1.65. The lowest BCUT2D eigenvalue weighted by Crippen LogP contribution is -2.55. The molecule has 3 aromatic rings. The highest BCUT2D eigenvalue weighted by molar-refractivity contribution is 9.10. The largest absolute Gasteiger partial charge is 0.352 e. The van der Waals surface area contributed by atoms with Gasteiger partial charge < -0.3 is 10.2 Å². The van der Waals surface area contributed by atoms with Gasteiger partial charge in [-0.15, -0.1) is 0 Å². The molecule has 1 unspecified atom stereocenters. The number of sulfonamides is 1. The summed E-state index contributed by atoms with van der Waals surface area (Å²) in [4.78, 5) is 29.7. The summed E-state index contributed by atoms with van der Waals surface area (Å²) in [5.74, 6) is -0.666. The summed E-state index contributed by atoms with van der Waals surface area (Å²) >= 11 is 3.51. The lowest BCUT2D eigenvalue weighted by atomic mass is 9.94. The Morgan fingerprint density at radius 3 is 2.22 bits per heavy atom. The van der Waals surface area contributed by atoms with Crippen molar-refractivity contribution in [3.8, 4) is 0 Å². The molecular weight excluding hydrogens is 602 g/mol. The maximum atomic E-state index is 14.2. The molecule has 1 aliphatic carbocycles. The van der Waals surface area contributed by atoms with Crippen LogP contribution in [0.1, 0.15) is 48.8 Å². The van der Waals surface area contributed by atoms with Gasteiger partial charge in [-0.3, -0.25) is 13.9 Å². The number of carbonyl (C=O) groups is 2. The van der Waals surface area contributed by atoms with Crippen LogP contribution in [0.15, 0.2) is 83.3 Å². The van der Waals surface area contributed by atoms with Gasteiger partial charge >= 0.3 is 0 Å². The van der Waals surface area contributed by atoms with Gasteiger partial charge in [-0.05, 0) is 55.2 Å². The highest BCUT2D eigenvalue weighted by Crippen LogP contribution is 2.23. The van der Waals surface area contributed by atoms with E-state index in [-0.39, 0.29) is 18.5 Å². The van der Waals surface area contributed by atoms with Crippen molar-refractivity contribution in [2.45, 2.75) is 64.1 Å². The molecular formula is C32H38BrN3O4S. The van der Waals surface area contributed by atoms with Crippen LogP contribution in [0.5, 0.6) is 0 Å². The normalized spacial score (nSPS) is 14.7. The number of hydrogen-bond acceptors (Lipinski definition) is 4. The van der Waals surface area contributed by atoms with E-state index in [4.69, 9.17) is 0 Å². The monoisotopic (exact) mass is 639 g/mol.